The van der Waals surface area contributed by atoms with Gasteiger partial charge in [0.25, 0.3) is 0 Å². The van der Waals surface area contributed by atoms with Crippen LogP contribution in [0.4, 0.5) is 4.79 Å². The first-order valence-corrected chi connectivity index (χ1v) is 9.01. The van der Waals surface area contributed by atoms with Crippen LogP contribution in [-0.2, 0) is 19.0 Å². The highest BCUT2D eigenvalue weighted by Gasteiger charge is 2.27. The van der Waals surface area contributed by atoms with Crippen molar-refractivity contribution >= 4 is 12.1 Å². The molecule has 0 radical (unpaired) electrons. The van der Waals surface area contributed by atoms with Crippen LogP contribution in [-0.4, -0.2) is 43.1 Å². The lowest BCUT2D eigenvalue weighted by molar-refractivity contribution is -0.151. The van der Waals surface area contributed by atoms with Gasteiger partial charge in [0, 0.05) is 0 Å². The Morgan fingerprint density at radius 1 is 1.15 bits per heavy atom. The maximum atomic E-state index is 12.4. The standard InChI is InChI=1S/C20H30N2O5/c1-7-14(2)27-20(24)26-13-25-19(23)16(4)22(17(5)21-6)15(3)18-11-9-8-10-12-18/h8-12,14-15,17,21H,4,7,13H2,1-3,5-6H3/t14?,15-,17?/m1/s1. The van der Waals surface area contributed by atoms with Crippen molar-refractivity contribution in [1.29, 1.82) is 0 Å². The minimum absolute atomic E-state index is 0.120. The minimum Gasteiger partial charge on any atom is -0.431 e. The quantitative estimate of drug-likeness (QED) is 0.379. The number of rotatable bonds is 10. The molecule has 7 nitrogen and oxygen atoms in total. The van der Waals surface area contributed by atoms with Crippen molar-refractivity contribution in [1.82, 2.24) is 10.2 Å². The van der Waals surface area contributed by atoms with Crippen LogP contribution >= 0.6 is 0 Å². The summed E-state index contributed by atoms with van der Waals surface area (Å²) in [5, 5.41) is 3.11. The summed E-state index contributed by atoms with van der Waals surface area (Å²) in [4.78, 5) is 25.7. The molecule has 1 aromatic carbocycles. The fraction of sp³-hybridized carbons (Fsp3) is 0.500. The molecule has 0 aliphatic heterocycles. The van der Waals surface area contributed by atoms with Crippen molar-refractivity contribution in [3.05, 3.63) is 48.2 Å². The number of nitrogens with one attached hydrogen (secondary N) is 1. The predicted octanol–water partition coefficient (Wildman–Crippen LogP) is 3.58. The van der Waals surface area contributed by atoms with Crippen LogP contribution in [0, 0.1) is 0 Å². The first kappa shape index (κ1) is 22.5. The third-order valence-corrected chi connectivity index (χ3v) is 4.32. The highest BCUT2D eigenvalue weighted by Crippen LogP contribution is 2.25. The largest absolute Gasteiger partial charge is 0.511 e. The number of hydrogen-bond acceptors (Lipinski definition) is 7. The first-order valence-electron chi connectivity index (χ1n) is 9.01. The molecule has 0 heterocycles. The molecule has 0 amide bonds. The number of nitrogens with zero attached hydrogens (tertiary/aromatic N) is 1. The highest BCUT2D eigenvalue weighted by atomic mass is 16.8. The number of ether oxygens (including phenoxy) is 3. The van der Waals surface area contributed by atoms with E-state index in [1.165, 1.54) is 0 Å². The van der Waals surface area contributed by atoms with Crippen molar-refractivity contribution in [2.75, 3.05) is 13.8 Å². The Labute approximate surface area is 161 Å². The fourth-order valence-corrected chi connectivity index (χ4v) is 2.44. The van der Waals surface area contributed by atoms with E-state index in [4.69, 9.17) is 14.2 Å². The fourth-order valence-electron chi connectivity index (χ4n) is 2.44. The molecular weight excluding hydrogens is 348 g/mol. The van der Waals surface area contributed by atoms with Gasteiger partial charge in [-0.2, -0.15) is 0 Å². The molecule has 0 bridgehead atoms. The third-order valence-electron chi connectivity index (χ3n) is 4.32. The van der Waals surface area contributed by atoms with Crippen molar-refractivity contribution in [3.8, 4) is 0 Å². The van der Waals surface area contributed by atoms with Gasteiger partial charge in [-0.15, -0.1) is 0 Å². The summed E-state index contributed by atoms with van der Waals surface area (Å²) in [6.07, 6.45) is -0.640. The Hall–Kier alpha value is -2.54. The molecular formula is C20H30N2O5. The minimum atomic E-state index is -0.874. The first-order chi connectivity index (χ1) is 12.8. The van der Waals surface area contributed by atoms with Gasteiger partial charge in [-0.25, -0.2) is 9.59 Å². The zero-order valence-electron chi connectivity index (χ0n) is 16.7. The number of hydrogen-bond donors (Lipinski definition) is 1. The summed E-state index contributed by atoms with van der Waals surface area (Å²) >= 11 is 0. The molecule has 7 heteroatoms. The molecule has 0 aliphatic rings. The lowest BCUT2D eigenvalue weighted by Crippen LogP contribution is -2.44. The van der Waals surface area contributed by atoms with Crippen molar-refractivity contribution in [2.45, 2.75) is 52.4 Å². The van der Waals surface area contributed by atoms with Gasteiger partial charge in [0.2, 0.25) is 6.79 Å². The van der Waals surface area contributed by atoms with Gasteiger partial charge in [0.1, 0.15) is 11.8 Å². The van der Waals surface area contributed by atoms with E-state index in [1.54, 1.807) is 14.0 Å². The van der Waals surface area contributed by atoms with Gasteiger partial charge < -0.3 is 24.4 Å². The molecule has 1 N–H and O–H groups in total. The molecule has 2 unspecified atom stereocenters. The van der Waals surface area contributed by atoms with E-state index < -0.39 is 18.9 Å². The summed E-state index contributed by atoms with van der Waals surface area (Å²) in [5.41, 5.74) is 1.19. The lowest BCUT2D eigenvalue weighted by Gasteiger charge is -2.36. The van der Waals surface area contributed by atoms with Gasteiger partial charge in [0.05, 0.1) is 12.2 Å². The Morgan fingerprint density at radius 2 is 1.78 bits per heavy atom. The Kier molecular flexibility index (Phi) is 9.36. The van der Waals surface area contributed by atoms with Crippen LogP contribution in [0.25, 0.3) is 0 Å². The van der Waals surface area contributed by atoms with Gasteiger partial charge in [-0.3, -0.25) is 0 Å². The van der Waals surface area contributed by atoms with E-state index in [9.17, 15) is 9.59 Å². The molecule has 0 spiro atoms. The van der Waals surface area contributed by atoms with Gasteiger partial charge in [0.15, 0.2) is 0 Å². The summed E-state index contributed by atoms with van der Waals surface area (Å²) in [5.74, 6) is -0.670. The SMILES string of the molecule is C=C(C(=O)OCOC(=O)OC(C)CC)N(C(C)NC)[C@H](C)c1ccccc1. The summed E-state index contributed by atoms with van der Waals surface area (Å²) in [7, 11) is 1.79. The van der Waals surface area contributed by atoms with E-state index in [1.807, 2.05) is 56.0 Å². The third kappa shape index (κ3) is 6.94. The van der Waals surface area contributed by atoms with Crippen LogP contribution in [0.5, 0.6) is 0 Å². The number of carbonyl (C=O) groups is 2. The van der Waals surface area contributed by atoms with Gasteiger partial charge in [-0.1, -0.05) is 43.8 Å². The normalized spacial score (nSPS) is 13.8. The maximum Gasteiger partial charge on any atom is 0.511 e. The second-order valence-electron chi connectivity index (χ2n) is 6.19. The van der Waals surface area contributed by atoms with E-state index in [0.717, 1.165) is 5.56 Å². The van der Waals surface area contributed by atoms with Crippen LogP contribution in [0.15, 0.2) is 42.6 Å². The van der Waals surface area contributed by atoms with Crippen LogP contribution < -0.4 is 5.32 Å². The number of carbonyl (C=O) groups excluding carboxylic acids is 2. The van der Waals surface area contributed by atoms with Gasteiger partial charge in [-0.05, 0) is 39.8 Å². The summed E-state index contributed by atoms with van der Waals surface area (Å²) < 4.78 is 14.7. The van der Waals surface area contributed by atoms with Crippen LogP contribution in [0.1, 0.15) is 45.7 Å². The molecule has 0 fully saturated rings. The average molecular weight is 378 g/mol. The Bertz CT molecular complexity index is 620. The Morgan fingerprint density at radius 3 is 2.33 bits per heavy atom. The average Bonchev–Trinajstić information content (AvgIpc) is 2.67. The monoisotopic (exact) mass is 378 g/mol. The second-order valence-corrected chi connectivity index (χ2v) is 6.19. The molecule has 27 heavy (non-hydrogen) atoms. The van der Waals surface area contributed by atoms with E-state index in [-0.39, 0.29) is 24.0 Å². The molecule has 0 saturated carbocycles. The van der Waals surface area contributed by atoms with Crippen molar-refractivity contribution in [2.24, 2.45) is 0 Å². The number of esters is 1. The molecule has 0 aliphatic carbocycles. The topological polar surface area (TPSA) is 77.1 Å². The van der Waals surface area contributed by atoms with Crippen LogP contribution in [0.3, 0.4) is 0 Å². The number of benzene rings is 1. The second kappa shape index (κ2) is 11.2. The molecule has 150 valence electrons. The predicted molar refractivity (Wildman–Crippen MR) is 103 cm³/mol. The smallest absolute Gasteiger partial charge is 0.431 e. The maximum absolute atomic E-state index is 12.4. The van der Waals surface area contributed by atoms with Gasteiger partial charge >= 0.3 is 12.1 Å². The summed E-state index contributed by atoms with van der Waals surface area (Å²) in [6.45, 7) is 10.9. The van der Waals surface area contributed by atoms with Crippen LogP contribution in [0.2, 0.25) is 0 Å². The molecule has 0 saturated heterocycles. The molecule has 3 atom stereocenters. The Balaban J connectivity index is 2.70. The lowest BCUT2D eigenvalue weighted by atomic mass is 10.1. The molecule has 1 aromatic rings. The van der Waals surface area contributed by atoms with Crippen molar-refractivity contribution in [3.63, 3.8) is 0 Å². The molecule has 1 rings (SSSR count). The van der Waals surface area contributed by atoms with Crippen molar-refractivity contribution < 1.29 is 23.8 Å². The summed E-state index contributed by atoms with van der Waals surface area (Å²) in [6, 6.07) is 9.64. The highest BCUT2D eigenvalue weighted by molar-refractivity contribution is 5.87. The zero-order chi connectivity index (χ0) is 20.4. The van der Waals surface area contributed by atoms with E-state index >= 15 is 0 Å². The van der Waals surface area contributed by atoms with E-state index in [2.05, 4.69) is 11.9 Å². The molecule has 0 aromatic heterocycles. The van der Waals surface area contributed by atoms with E-state index in [0.29, 0.717) is 6.42 Å². The zero-order valence-corrected chi connectivity index (χ0v) is 16.7.